The minimum absolute atomic E-state index is 0.488. The Bertz CT molecular complexity index is 293. The van der Waals surface area contributed by atoms with E-state index in [2.05, 4.69) is 3.87 Å². The summed E-state index contributed by atoms with van der Waals surface area (Å²) in [5.41, 5.74) is -5.28. The van der Waals surface area contributed by atoms with Crippen molar-refractivity contribution >= 4 is 18.4 Å². The van der Waals surface area contributed by atoms with Gasteiger partial charge in [0.25, 0.3) is 0 Å². The van der Waals surface area contributed by atoms with E-state index in [1.807, 2.05) is 0 Å². The highest BCUT2D eigenvalue weighted by Crippen LogP contribution is 2.37. The summed E-state index contributed by atoms with van der Waals surface area (Å²) in [6, 6.07) is 0.977. The van der Waals surface area contributed by atoms with Crippen LogP contribution in [0.3, 0.4) is 0 Å². The van der Waals surface area contributed by atoms with E-state index >= 15 is 0 Å². The second kappa shape index (κ2) is 2.96. The minimum atomic E-state index is -5.35. The fraction of sp³-hybridized carbons (Fsp3) is 1.00. The molecule has 0 bridgehead atoms. The van der Waals surface area contributed by atoms with Gasteiger partial charge >= 0.3 is 15.6 Å². The Hall–Kier alpha value is -0.0831. The van der Waals surface area contributed by atoms with Gasteiger partial charge in [0, 0.05) is 0 Å². The molecule has 0 aliphatic carbocycles. The Morgan fingerprint density at radius 3 is 2.00 bits per heavy atom. The van der Waals surface area contributed by atoms with Gasteiger partial charge < -0.3 is 3.87 Å². The number of rotatable bonds is 2. The first-order valence-corrected chi connectivity index (χ1v) is 7.91. The van der Waals surface area contributed by atoms with Gasteiger partial charge in [0.05, 0.1) is 0 Å². The second-order valence-corrected chi connectivity index (χ2v) is 9.22. The molecule has 1 heterocycles. The molecule has 8 heteroatoms. The van der Waals surface area contributed by atoms with Gasteiger partial charge in [-0.15, -0.1) is 0 Å². The molecule has 0 amide bonds. The van der Waals surface area contributed by atoms with Crippen LogP contribution < -0.4 is 0 Å². The van der Waals surface area contributed by atoms with Crippen LogP contribution in [0.4, 0.5) is 13.2 Å². The maximum Gasteiger partial charge on any atom is 0.522 e. The Kier molecular flexibility index (Phi) is 2.50. The molecular formula is C5H9F3O3SSi. The van der Waals surface area contributed by atoms with Crippen LogP contribution in [0.15, 0.2) is 0 Å². The highest BCUT2D eigenvalue weighted by Gasteiger charge is 2.52. The Morgan fingerprint density at radius 2 is 1.77 bits per heavy atom. The lowest BCUT2D eigenvalue weighted by molar-refractivity contribution is -0.0505. The normalized spacial score (nSPS) is 22.5. The van der Waals surface area contributed by atoms with Crippen LogP contribution in [0.1, 0.15) is 6.42 Å². The van der Waals surface area contributed by atoms with Crippen molar-refractivity contribution in [2.24, 2.45) is 0 Å². The Morgan fingerprint density at radius 1 is 1.31 bits per heavy atom. The number of alkyl halides is 3. The van der Waals surface area contributed by atoms with Crippen molar-refractivity contribution < 1.29 is 25.5 Å². The van der Waals surface area contributed by atoms with Gasteiger partial charge in [-0.2, -0.15) is 21.6 Å². The predicted octanol–water partition coefficient (Wildman–Crippen LogP) is 1.83. The molecule has 0 spiro atoms. The SMILES string of the molecule is C[Si]1(OS(=O)(=O)C(F)(F)F)CCC1. The molecule has 0 atom stereocenters. The molecule has 0 unspecified atom stereocenters. The van der Waals surface area contributed by atoms with E-state index in [1.165, 1.54) is 6.55 Å². The van der Waals surface area contributed by atoms with Crippen molar-refractivity contribution in [3.8, 4) is 0 Å². The molecule has 3 nitrogen and oxygen atoms in total. The predicted molar refractivity (Wildman–Crippen MR) is 41.9 cm³/mol. The molecule has 1 aliphatic rings. The molecule has 0 aromatic rings. The maximum absolute atomic E-state index is 11.8. The summed E-state index contributed by atoms with van der Waals surface area (Å²) in [5, 5.41) is 0. The third-order valence-corrected chi connectivity index (χ3v) is 7.88. The summed E-state index contributed by atoms with van der Waals surface area (Å²) in [6.45, 7) is 1.50. The zero-order valence-corrected chi connectivity index (χ0v) is 8.70. The molecular weight excluding hydrogens is 225 g/mol. The van der Waals surface area contributed by atoms with E-state index < -0.39 is 23.9 Å². The summed E-state index contributed by atoms with van der Waals surface area (Å²) in [7, 11) is -7.90. The highest BCUT2D eigenvalue weighted by atomic mass is 32.2. The fourth-order valence-electron chi connectivity index (χ4n) is 1.07. The van der Waals surface area contributed by atoms with Gasteiger partial charge in [0.2, 0.25) is 8.32 Å². The van der Waals surface area contributed by atoms with Crippen molar-refractivity contribution in [2.75, 3.05) is 0 Å². The largest absolute Gasteiger partial charge is 0.522 e. The molecule has 78 valence electrons. The lowest BCUT2D eigenvalue weighted by Crippen LogP contribution is -2.46. The van der Waals surface area contributed by atoms with Crippen LogP contribution >= 0.6 is 0 Å². The standard InChI is InChI=1S/C5H9F3O3SSi/c1-13(3-2-4-13)11-12(9,10)5(6,7)8/h2-4H2,1H3. The summed E-state index contributed by atoms with van der Waals surface area (Å²) in [4.78, 5) is 0. The average Bonchev–Trinajstić information content (AvgIpc) is 1.80. The van der Waals surface area contributed by atoms with Gasteiger partial charge in [0.1, 0.15) is 0 Å². The van der Waals surface area contributed by atoms with E-state index in [4.69, 9.17) is 0 Å². The van der Waals surface area contributed by atoms with Crippen molar-refractivity contribution in [1.82, 2.24) is 0 Å². The minimum Gasteiger partial charge on any atom is -0.308 e. The molecule has 0 aromatic carbocycles. The number of hydrogen-bond donors (Lipinski definition) is 0. The van der Waals surface area contributed by atoms with Crippen molar-refractivity contribution in [3.63, 3.8) is 0 Å². The van der Waals surface area contributed by atoms with Crippen LogP contribution in [0.25, 0.3) is 0 Å². The average molecular weight is 234 g/mol. The van der Waals surface area contributed by atoms with Crippen LogP contribution in [0, 0.1) is 0 Å². The van der Waals surface area contributed by atoms with E-state index in [-0.39, 0.29) is 0 Å². The summed E-state index contributed by atoms with van der Waals surface area (Å²) in [6.07, 6.45) is 0.760. The zero-order chi connectivity index (χ0) is 10.3. The van der Waals surface area contributed by atoms with Gasteiger partial charge in [0.15, 0.2) is 0 Å². The Labute approximate surface area is 75.1 Å². The lowest BCUT2D eigenvalue weighted by atomic mass is 10.5. The topological polar surface area (TPSA) is 43.4 Å². The van der Waals surface area contributed by atoms with Crippen molar-refractivity contribution in [2.45, 2.75) is 30.6 Å². The van der Waals surface area contributed by atoms with Crippen LogP contribution in [0.5, 0.6) is 0 Å². The molecule has 0 N–H and O–H groups in total. The number of hydrogen-bond acceptors (Lipinski definition) is 3. The molecule has 13 heavy (non-hydrogen) atoms. The van der Waals surface area contributed by atoms with Gasteiger partial charge in [-0.05, 0) is 18.6 Å². The smallest absolute Gasteiger partial charge is 0.308 e. The molecule has 1 aliphatic heterocycles. The third-order valence-electron chi connectivity index (χ3n) is 2.01. The zero-order valence-electron chi connectivity index (χ0n) is 6.89. The van der Waals surface area contributed by atoms with Gasteiger partial charge in [-0.25, -0.2) is 0 Å². The van der Waals surface area contributed by atoms with Gasteiger partial charge in [-0.1, -0.05) is 6.42 Å². The van der Waals surface area contributed by atoms with Crippen molar-refractivity contribution in [3.05, 3.63) is 0 Å². The third kappa shape index (κ3) is 2.23. The monoisotopic (exact) mass is 234 g/mol. The van der Waals surface area contributed by atoms with Crippen LogP contribution in [-0.2, 0) is 14.0 Å². The van der Waals surface area contributed by atoms with Crippen LogP contribution in [-0.4, -0.2) is 22.2 Å². The summed E-state index contributed by atoms with van der Waals surface area (Å²) >= 11 is 0. The molecule has 0 radical (unpaired) electrons. The van der Waals surface area contributed by atoms with Crippen LogP contribution in [0.2, 0.25) is 18.6 Å². The first kappa shape index (κ1) is 11.0. The molecule has 0 saturated carbocycles. The molecule has 0 aromatic heterocycles. The van der Waals surface area contributed by atoms with E-state index in [0.29, 0.717) is 12.1 Å². The van der Waals surface area contributed by atoms with Crippen molar-refractivity contribution in [1.29, 1.82) is 0 Å². The molecule has 1 saturated heterocycles. The highest BCUT2D eigenvalue weighted by molar-refractivity contribution is 7.88. The molecule has 1 fully saturated rings. The van der Waals surface area contributed by atoms with E-state index in [1.54, 1.807) is 0 Å². The molecule has 1 rings (SSSR count). The second-order valence-electron chi connectivity index (χ2n) is 3.29. The number of halogens is 3. The lowest BCUT2D eigenvalue weighted by Gasteiger charge is -2.34. The first-order chi connectivity index (χ1) is 5.66. The maximum atomic E-state index is 11.8. The van der Waals surface area contributed by atoms with Gasteiger partial charge in [-0.3, -0.25) is 0 Å². The quantitative estimate of drug-likeness (QED) is 0.541. The summed E-state index contributed by atoms with van der Waals surface area (Å²) in [5.74, 6) is 0. The Balaban J connectivity index is 2.73. The fourth-order valence-corrected chi connectivity index (χ4v) is 5.58. The van der Waals surface area contributed by atoms with E-state index in [0.717, 1.165) is 6.42 Å². The first-order valence-electron chi connectivity index (χ1n) is 3.68. The van der Waals surface area contributed by atoms with E-state index in [9.17, 15) is 21.6 Å². The summed E-state index contributed by atoms with van der Waals surface area (Å²) < 4.78 is 60.8.